The van der Waals surface area contributed by atoms with Crippen LogP contribution in [0.3, 0.4) is 0 Å². The fourth-order valence-corrected chi connectivity index (χ4v) is 2.09. The van der Waals surface area contributed by atoms with Gasteiger partial charge in [-0.2, -0.15) is 0 Å². The molecule has 1 aromatic heterocycles. The van der Waals surface area contributed by atoms with Crippen molar-refractivity contribution < 1.29 is 4.74 Å². The highest BCUT2D eigenvalue weighted by atomic mass is 16.5. The monoisotopic (exact) mass is 256 g/mol. The molecule has 19 heavy (non-hydrogen) atoms. The number of ether oxygens (including phenoxy) is 1. The quantitative estimate of drug-likeness (QED) is 0.862. The summed E-state index contributed by atoms with van der Waals surface area (Å²) in [7, 11) is 1.69. The van der Waals surface area contributed by atoms with E-state index in [1.165, 1.54) is 11.1 Å². The van der Waals surface area contributed by atoms with E-state index in [4.69, 9.17) is 4.74 Å². The van der Waals surface area contributed by atoms with Gasteiger partial charge in [-0.25, -0.2) is 0 Å². The second kappa shape index (κ2) is 6.90. The highest BCUT2D eigenvalue weighted by Gasteiger charge is 2.13. The van der Waals surface area contributed by atoms with E-state index in [0.29, 0.717) is 0 Å². The molecule has 1 aromatic carbocycles. The topological polar surface area (TPSA) is 34.2 Å². The molecular weight excluding hydrogens is 236 g/mol. The predicted octanol–water partition coefficient (Wildman–Crippen LogP) is 3.18. The molecule has 0 aliphatic rings. The largest absolute Gasteiger partial charge is 0.497 e. The molecule has 1 N–H and O–H groups in total. The van der Waals surface area contributed by atoms with Crippen LogP contribution < -0.4 is 10.1 Å². The predicted molar refractivity (Wildman–Crippen MR) is 77.4 cm³/mol. The van der Waals surface area contributed by atoms with Crippen molar-refractivity contribution >= 4 is 0 Å². The number of aromatic nitrogens is 1. The van der Waals surface area contributed by atoms with Crippen LogP contribution in [0.15, 0.2) is 48.8 Å². The van der Waals surface area contributed by atoms with Gasteiger partial charge < -0.3 is 10.1 Å². The maximum Gasteiger partial charge on any atom is 0.119 e. The standard InChI is InChI=1S/C16H20N2O/c1-3-9-18-16(13-7-10-17-11-8-13)14-5-4-6-15(12-14)19-2/h4-8,10-12,16,18H,3,9H2,1-2H3. The van der Waals surface area contributed by atoms with Crippen molar-refractivity contribution in [3.63, 3.8) is 0 Å². The first-order chi connectivity index (χ1) is 9.35. The lowest BCUT2D eigenvalue weighted by Crippen LogP contribution is -2.23. The maximum atomic E-state index is 5.31. The summed E-state index contributed by atoms with van der Waals surface area (Å²) < 4.78 is 5.31. The van der Waals surface area contributed by atoms with E-state index < -0.39 is 0 Å². The van der Waals surface area contributed by atoms with Gasteiger partial charge in [0.25, 0.3) is 0 Å². The zero-order valence-electron chi connectivity index (χ0n) is 11.5. The molecule has 100 valence electrons. The lowest BCUT2D eigenvalue weighted by Gasteiger charge is -2.20. The van der Waals surface area contributed by atoms with Crippen LogP contribution in [0, 0.1) is 0 Å². The maximum absolute atomic E-state index is 5.31. The van der Waals surface area contributed by atoms with E-state index in [0.717, 1.165) is 18.7 Å². The summed E-state index contributed by atoms with van der Waals surface area (Å²) in [5, 5.41) is 3.57. The van der Waals surface area contributed by atoms with Gasteiger partial charge in [-0.3, -0.25) is 4.98 Å². The fraction of sp³-hybridized carbons (Fsp3) is 0.312. The molecule has 2 aromatic rings. The molecule has 1 atom stereocenters. The van der Waals surface area contributed by atoms with E-state index in [1.54, 1.807) is 7.11 Å². The first-order valence-electron chi connectivity index (χ1n) is 6.62. The van der Waals surface area contributed by atoms with Gasteiger partial charge in [0.15, 0.2) is 0 Å². The van der Waals surface area contributed by atoms with Crippen LogP contribution >= 0.6 is 0 Å². The van der Waals surface area contributed by atoms with Gasteiger partial charge >= 0.3 is 0 Å². The van der Waals surface area contributed by atoms with Crippen molar-refractivity contribution in [1.29, 1.82) is 0 Å². The Balaban J connectivity index is 2.31. The van der Waals surface area contributed by atoms with E-state index in [1.807, 2.05) is 36.7 Å². The molecular formula is C16H20N2O. The number of benzene rings is 1. The normalized spacial score (nSPS) is 12.1. The molecule has 3 heteroatoms. The fourth-order valence-electron chi connectivity index (χ4n) is 2.09. The summed E-state index contributed by atoms with van der Waals surface area (Å²) in [4.78, 5) is 4.08. The smallest absolute Gasteiger partial charge is 0.119 e. The van der Waals surface area contributed by atoms with E-state index in [2.05, 4.69) is 29.4 Å². The minimum absolute atomic E-state index is 0.179. The minimum Gasteiger partial charge on any atom is -0.497 e. The van der Waals surface area contributed by atoms with Crippen LogP contribution in [-0.2, 0) is 0 Å². The SMILES string of the molecule is CCCNC(c1ccncc1)c1cccc(OC)c1. The Morgan fingerprint density at radius 1 is 1.16 bits per heavy atom. The molecule has 0 fully saturated rings. The van der Waals surface area contributed by atoms with E-state index in [-0.39, 0.29) is 6.04 Å². The first kappa shape index (κ1) is 13.6. The van der Waals surface area contributed by atoms with Gasteiger partial charge in [-0.05, 0) is 48.4 Å². The molecule has 0 aliphatic heterocycles. The molecule has 0 radical (unpaired) electrons. The number of nitrogens with zero attached hydrogens (tertiary/aromatic N) is 1. The average Bonchev–Trinajstić information content (AvgIpc) is 2.49. The van der Waals surface area contributed by atoms with Crippen molar-refractivity contribution in [2.45, 2.75) is 19.4 Å². The Morgan fingerprint density at radius 2 is 1.95 bits per heavy atom. The Hall–Kier alpha value is -1.87. The lowest BCUT2D eigenvalue weighted by atomic mass is 9.99. The van der Waals surface area contributed by atoms with Crippen molar-refractivity contribution in [3.05, 3.63) is 59.9 Å². The van der Waals surface area contributed by atoms with Gasteiger partial charge in [0.2, 0.25) is 0 Å². The number of hydrogen-bond donors (Lipinski definition) is 1. The second-order valence-electron chi connectivity index (χ2n) is 4.44. The van der Waals surface area contributed by atoms with Crippen molar-refractivity contribution in [2.75, 3.05) is 13.7 Å². The molecule has 1 heterocycles. The number of rotatable bonds is 6. The third-order valence-corrected chi connectivity index (χ3v) is 3.07. The Kier molecular flexibility index (Phi) is 4.93. The van der Waals surface area contributed by atoms with Crippen LogP contribution in [0.2, 0.25) is 0 Å². The summed E-state index contributed by atoms with van der Waals surface area (Å²) >= 11 is 0. The summed E-state index contributed by atoms with van der Waals surface area (Å²) in [5.41, 5.74) is 2.43. The summed E-state index contributed by atoms with van der Waals surface area (Å²) in [5.74, 6) is 0.884. The molecule has 0 bridgehead atoms. The van der Waals surface area contributed by atoms with Crippen LogP contribution in [0.5, 0.6) is 5.75 Å². The van der Waals surface area contributed by atoms with E-state index in [9.17, 15) is 0 Å². The molecule has 3 nitrogen and oxygen atoms in total. The number of pyridine rings is 1. The molecule has 0 spiro atoms. The molecule has 0 aliphatic carbocycles. The van der Waals surface area contributed by atoms with Crippen LogP contribution in [0.1, 0.15) is 30.5 Å². The van der Waals surface area contributed by atoms with Gasteiger partial charge in [0.1, 0.15) is 5.75 Å². The summed E-state index contributed by atoms with van der Waals surface area (Å²) in [6.45, 7) is 3.15. The molecule has 0 saturated heterocycles. The second-order valence-corrected chi connectivity index (χ2v) is 4.44. The van der Waals surface area contributed by atoms with Crippen molar-refractivity contribution in [1.82, 2.24) is 10.3 Å². The van der Waals surface area contributed by atoms with Crippen LogP contribution in [-0.4, -0.2) is 18.6 Å². The highest BCUT2D eigenvalue weighted by Crippen LogP contribution is 2.24. The molecule has 1 unspecified atom stereocenters. The van der Waals surface area contributed by atoms with Crippen molar-refractivity contribution in [2.24, 2.45) is 0 Å². The highest BCUT2D eigenvalue weighted by molar-refractivity contribution is 5.36. The van der Waals surface area contributed by atoms with Gasteiger partial charge in [0.05, 0.1) is 13.2 Å². The van der Waals surface area contributed by atoms with Crippen LogP contribution in [0.4, 0.5) is 0 Å². The zero-order valence-corrected chi connectivity index (χ0v) is 11.5. The van der Waals surface area contributed by atoms with Crippen LogP contribution in [0.25, 0.3) is 0 Å². The molecule has 0 amide bonds. The Bertz CT molecular complexity index is 499. The molecule has 0 saturated carbocycles. The van der Waals surface area contributed by atoms with E-state index >= 15 is 0 Å². The molecule has 2 rings (SSSR count). The number of methoxy groups -OCH3 is 1. The Labute approximate surface area is 114 Å². The number of nitrogens with one attached hydrogen (secondary N) is 1. The average molecular weight is 256 g/mol. The summed E-state index contributed by atoms with van der Waals surface area (Å²) in [6, 6.07) is 12.5. The first-order valence-corrected chi connectivity index (χ1v) is 6.62. The van der Waals surface area contributed by atoms with Gasteiger partial charge in [-0.1, -0.05) is 19.1 Å². The lowest BCUT2D eigenvalue weighted by molar-refractivity contribution is 0.413. The third-order valence-electron chi connectivity index (χ3n) is 3.07. The summed E-state index contributed by atoms with van der Waals surface area (Å²) in [6.07, 6.45) is 4.76. The van der Waals surface area contributed by atoms with Gasteiger partial charge in [-0.15, -0.1) is 0 Å². The zero-order chi connectivity index (χ0) is 13.5. The van der Waals surface area contributed by atoms with Gasteiger partial charge in [0, 0.05) is 12.4 Å². The number of hydrogen-bond acceptors (Lipinski definition) is 3. The minimum atomic E-state index is 0.179. The van der Waals surface area contributed by atoms with Crippen molar-refractivity contribution in [3.8, 4) is 5.75 Å². The third kappa shape index (κ3) is 3.55. The Morgan fingerprint density at radius 3 is 2.63 bits per heavy atom.